The minimum atomic E-state index is -0.923. The summed E-state index contributed by atoms with van der Waals surface area (Å²) in [4.78, 5) is 15.4. The fraction of sp³-hybridized carbons (Fsp3) is 0.143. The van der Waals surface area contributed by atoms with Gasteiger partial charge in [-0.2, -0.15) is 0 Å². The lowest BCUT2D eigenvalue weighted by Gasteiger charge is -2.09. The molecule has 1 heterocycles. The number of aliphatic imine (C=N–C) groups is 1. The van der Waals surface area contributed by atoms with Gasteiger partial charge < -0.3 is 9.67 Å². The quantitative estimate of drug-likeness (QED) is 0.641. The van der Waals surface area contributed by atoms with Crippen molar-refractivity contribution in [1.29, 1.82) is 0 Å². The number of aromatic carboxylic acids is 1. The molecule has 5 heteroatoms. The number of carboxylic acids is 1. The number of benzene rings is 2. The Morgan fingerprint density at radius 2 is 1.88 bits per heavy atom. The highest BCUT2D eigenvalue weighted by molar-refractivity contribution is 6.30. The highest BCUT2D eigenvalue weighted by Crippen LogP contribution is 2.22. The van der Waals surface area contributed by atoms with Crippen LogP contribution >= 0.6 is 11.6 Å². The minimum Gasteiger partial charge on any atom is -0.478 e. The highest BCUT2D eigenvalue weighted by atomic mass is 35.5. The van der Waals surface area contributed by atoms with E-state index in [4.69, 9.17) is 16.7 Å². The smallest absolute Gasteiger partial charge is 0.335 e. The van der Waals surface area contributed by atoms with Crippen molar-refractivity contribution in [3.8, 4) is 5.69 Å². The van der Waals surface area contributed by atoms with Crippen LogP contribution in [0, 0.1) is 13.8 Å². The first-order chi connectivity index (χ1) is 12.5. The third kappa shape index (κ3) is 3.86. The van der Waals surface area contributed by atoms with Crippen LogP contribution in [0.25, 0.3) is 5.69 Å². The third-order valence-corrected chi connectivity index (χ3v) is 4.48. The monoisotopic (exact) mass is 366 g/mol. The van der Waals surface area contributed by atoms with Crippen molar-refractivity contribution in [2.45, 2.75) is 20.4 Å². The van der Waals surface area contributed by atoms with Crippen LogP contribution in [-0.4, -0.2) is 21.9 Å². The second kappa shape index (κ2) is 7.58. The van der Waals surface area contributed by atoms with Crippen molar-refractivity contribution in [3.05, 3.63) is 87.7 Å². The lowest BCUT2D eigenvalue weighted by atomic mass is 10.1. The van der Waals surface area contributed by atoms with Gasteiger partial charge in [-0.15, -0.1) is 0 Å². The zero-order valence-corrected chi connectivity index (χ0v) is 15.4. The SMILES string of the molecule is Cc1cc(C=NCc2ccc(C(=O)O)cc2)c(C)n1-c1cccc(Cl)c1. The summed E-state index contributed by atoms with van der Waals surface area (Å²) < 4.78 is 2.15. The molecule has 0 bridgehead atoms. The standard InChI is InChI=1S/C21H19ClN2O2/c1-14-10-18(15(2)24(14)20-5-3-4-19(22)11-20)13-23-12-16-6-8-17(9-7-16)21(25)26/h3-11,13H,12H2,1-2H3,(H,25,26). The van der Waals surface area contributed by atoms with Crippen molar-refractivity contribution in [2.75, 3.05) is 0 Å². The van der Waals surface area contributed by atoms with Gasteiger partial charge >= 0.3 is 5.97 Å². The van der Waals surface area contributed by atoms with E-state index < -0.39 is 5.97 Å². The zero-order chi connectivity index (χ0) is 18.7. The van der Waals surface area contributed by atoms with E-state index in [1.54, 1.807) is 24.3 Å². The second-order valence-electron chi connectivity index (χ2n) is 6.11. The summed E-state index contributed by atoms with van der Waals surface area (Å²) in [5, 5.41) is 9.63. The summed E-state index contributed by atoms with van der Waals surface area (Å²) in [5.41, 5.74) is 5.52. The number of halogens is 1. The molecule has 0 amide bonds. The molecule has 0 aliphatic carbocycles. The first-order valence-electron chi connectivity index (χ1n) is 8.22. The van der Waals surface area contributed by atoms with Gasteiger partial charge in [-0.25, -0.2) is 4.79 Å². The minimum absolute atomic E-state index is 0.280. The van der Waals surface area contributed by atoms with Gasteiger partial charge in [0.1, 0.15) is 0 Å². The predicted octanol–water partition coefficient (Wildman–Crippen LogP) is 5.06. The summed E-state index contributed by atoms with van der Waals surface area (Å²) >= 11 is 6.11. The molecule has 0 fully saturated rings. The van der Waals surface area contributed by atoms with Crippen molar-refractivity contribution in [1.82, 2.24) is 4.57 Å². The molecule has 3 rings (SSSR count). The van der Waals surface area contributed by atoms with E-state index in [2.05, 4.69) is 29.5 Å². The zero-order valence-electron chi connectivity index (χ0n) is 14.6. The molecule has 0 saturated heterocycles. The van der Waals surface area contributed by atoms with Crippen LogP contribution in [0.15, 0.2) is 59.6 Å². The van der Waals surface area contributed by atoms with E-state index >= 15 is 0 Å². The van der Waals surface area contributed by atoms with Crippen LogP contribution in [0.5, 0.6) is 0 Å². The van der Waals surface area contributed by atoms with Crippen molar-refractivity contribution < 1.29 is 9.90 Å². The number of aromatic nitrogens is 1. The maximum atomic E-state index is 10.9. The molecule has 0 atom stereocenters. The Morgan fingerprint density at radius 3 is 2.54 bits per heavy atom. The molecule has 2 aromatic carbocycles. The first kappa shape index (κ1) is 18.0. The summed E-state index contributed by atoms with van der Waals surface area (Å²) in [6.07, 6.45) is 1.86. The summed E-state index contributed by atoms with van der Waals surface area (Å²) in [7, 11) is 0. The fourth-order valence-electron chi connectivity index (χ4n) is 2.93. The Morgan fingerprint density at radius 1 is 1.15 bits per heavy atom. The normalized spacial score (nSPS) is 11.2. The lowest BCUT2D eigenvalue weighted by molar-refractivity contribution is 0.0697. The maximum absolute atomic E-state index is 10.9. The van der Waals surface area contributed by atoms with Crippen LogP contribution in [0.3, 0.4) is 0 Å². The molecular weight excluding hydrogens is 348 g/mol. The van der Waals surface area contributed by atoms with E-state index in [9.17, 15) is 4.79 Å². The van der Waals surface area contributed by atoms with Crippen LogP contribution < -0.4 is 0 Å². The fourth-order valence-corrected chi connectivity index (χ4v) is 3.12. The number of hydrogen-bond acceptors (Lipinski definition) is 2. The molecule has 0 radical (unpaired) electrons. The molecular formula is C21H19ClN2O2. The van der Waals surface area contributed by atoms with E-state index in [0.717, 1.165) is 28.2 Å². The number of nitrogens with zero attached hydrogens (tertiary/aromatic N) is 2. The van der Waals surface area contributed by atoms with E-state index in [0.29, 0.717) is 11.6 Å². The van der Waals surface area contributed by atoms with Gasteiger partial charge in [-0.05, 0) is 55.8 Å². The number of carboxylic acid groups (broad SMARTS) is 1. The first-order valence-corrected chi connectivity index (χ1v) is 8.60. The van der Waals surface area contributed by atoms with Gasteiger partial charge in [0.2, 0.25) is 0 Å². The summed E-state index contributed by atoms with van der Waals surface area (Å²) in [6.45, 7) is 4.60. The Balaban J connectivity index is 1.79. The van der Waals surface area contributed by atoms with Crippen LogP contribution in [0.1, 0.15) is 32.9 Å². The molecule has 1 aromatic heterocycles. The highest BCUT2D eigenvalue weighted by Gasteiger charge is 2.09. The molecule has 0 unspecified atom stereocenters. The van der Waals surface area contributed by atoms with Crippen molar-refractivity contribution in [3.63, 3.8) is 0 Å². The van der Waals surface area contributed by atoms with Gasteiger partial charge in [0.25, 0.3) is 0 Å². The van der Waals surface area contributed by atoms with Gasteiger partial charge in [0.15, 0.2) is 0 Å². The molecule has 4 nitrogen and oxygen atoms in total. The Kier molecular flexibility index (Phi) is 5.24. The molecule has 0 aliphatic rings. The summed E-state index contributed by atoms with van der Waals surface area (Å²) in [5.74, 6) is -0.923. The molecule has 3 aromatic rings. The van der Waals surface area contributed by atoms with Crippen LogP contribution in [-0.2, 0) is 6.54 Å². The molecule has 0 aliphatic heterocycles. The van der Waals surface area contributed by atoms with Gasteiger partial charge in [-0.1, -0.05) is 29.8 Å². The maximum Gasteiger partial charge on any atom is 0.335 e. The second-order valence-corrected chi connectivity index (χ2v) is 6.55. The Bertz CT molecular complexity index is 972. The number of carbonyl (C=O) groups is 1. The molecule has 0 saturated carbocycles. The number of rotatable bonds is 5. The Labute approximate surface area is 157 Å². The largest absolute Gasteiger partial charge is 0.478 e. The van der Waals surface area contributed by atoms with Crippen LogP contribution in [0.2, 0.25) is 5.02 Å². The van der Waals surface area contributed by atoms with E-state index in [-0.39, 0.29) is 5.56 Å². The van der Waals surface area contributed by atoms with Crippen LogP contribution in [0.4, 0.5) is 0 Å². The molecule has 1 N–H and O–H groups in total. The topological polar surface area (TPSA) is 54.6 Å². The third-order valence-electron chi connectivity index (χ3n) is 4.24. The number of aryl methyl sites for hydroxylation is 1. The Hall–Kier alpha value is -2.85. The van der Waals surface area contributed by atoms with Crippen molar-refractivity contribution in [2.24, 2.45) is 4.99 Å². The average Bonchev–Trinajstić information content (AvgIpc) is 2.89. The molecule has 26 heavy (non-hydrogen) atoms. The van der Waals surface area contributed by atoms with E-state index in [1.807, 2.05) is 30.5 Å². The van der Waals surface area contributed by atoms with Crippen molar-refractivity contribution >= 4 is 23.8 Å². The van der Waals surface area contributed by atoms with Gasteiger partial charge in [0, 0.05) is 33.9 Å². The van der Waals surface area contributed by atoms with Gasteiger partial charge in [0.05, 0.1) is 12.1 Å². The summed E-state index contributed by atoms with van der Waals surface area (Å²) in [6, 6.07) is 16.6. The average molecular weight is 367 g/mol. The number of hydrogen-bond donors (Lipinski definition) is 1. The van der Waals surface area contributed by atoms with Gasteiger partial charge in [-0.3, -0.25) is 4.99 Å². The lowest BCUT2D eigenvalue weighted by Crippen LogP contribution is -1.99. The molecule has 132 valence electrons. The predicted molar refractivity (Wildman–Crippen MR) is 105 cm³/mol. The molecule has 0 spiro atoms. The van der Waals surface area contributed by atoms with E-state index in [1.165, 1.54) is 0 Å².